The molecule has 1 amide bonds. The Kier molecular flexibility index (Phi) is 4.68. The molecule has 16 heavy (non-hydrogen) atoms. The fourth-order valence-electron chi connectivity index (χ4n) is 1.14. The molecule has 0 saturated heterocycles. The lowest BCUT2D eigenvalue weighted by atomic mass is 10.2. The largest absolute Gasteiger partial charge is 0.505 e. The van der Waals surface area contributed by atoms with E-state index >= 15 is 0 Å². The van der Waals surface area contributed by atoms with E-state index in [1.807, 2.05) is 0 Å². The summed E-state index contributed by atoms with van der Waals surface area (Å²) < 4.78 is 4.70. The maximum absolute atomic E-state index is 11.5. The molecule has 6 nitrogen and oxygen atoms in total. The number of aromatic nitrogens is 1. The summed E-state index contributed by atoms with van der Waals surface area (Å²) in [7, 11) is 1.46. The van der Waals surface area contributed by atoms with Crippen molar-refractivity contribution in [2.45, 2.75) is 6.10 Å². The van der Waals surface area contributed by atoms with E-state index in [0.29, 0.717) is 0 Å². The highest BCUT2D eigenvalue weighted by atomic mass is 16.5. The van der Waals surface area contributed by atoms with Gasteiger partial charge >= 0.3 is 0 Å². The van der Waals surface area contributed by atoms with Crippen molar-refractivity contribution in [2.24, 2.45) is 0 Å². The number of carbonyl (C=O) groups excluding carboxylic acids is 1. The number of aliphatic hydroxyl groups excluding tert-OH is 1. The molecule has 0 bridgehead atoms. The van der Waals surface area contributed by atoms with Gasteiger partial charge in [0.15, 0.2) is 0 Å². The number of ether oxygens (including phenoxy) is 1. The first kappa shape index (κ1) is 12.4. The van der Waals surface area contributed by atoms with Gasteiger partial charge in [-0.2, -0.15) is 0 Å². The first-order valence-corrected chi connectivity index (χ1v) is 4.73. The highest BCUT2D eigenvalue weighted by molar-refractivity contribution is 5.96. The number of carbonyl (C=O) groups is 1. The molecule has 1 atom stereocenters. The number of pyridine rings is 1. The van der Waals surface area contributed by atoms with Crippen LogP contribution in [0.4, 0.5) is 0 Å². The lowest BCUT2D eigenvalue weighted by Crippen LogP contribution is -2.34. The van der Waals surface area contributed by atoms with E-state index in [-0.39, 0.29) is 24.5 Å². The van der Waals surface area contributed by atoms with E-state index in [2.05, 4.69) is 10.3 Å². The van der Waals surface area contributed by atoms with Gasteiger partial charge in [0.25, 0.3) is 5.91 Å². The number of aromatic hydroxyl groups is 1. The van der Waals surface area contributed by atoms with E-state index in [9.17, 15) is 15.0 Å². The maximum Gasteiger partial charge on any atom is 0.255 e. The number of hydrogen-bond donors (Lipinski definition) is 3. The third-order valence-electron chi connectivity index (χ3n) is 1.90. The topological polar surface area (TPSA) is 91.7 Å². The lowest BCUT2D eigenvalue weighted by molar-refractivity contribution is 0.0609. The Morgan fingerprint density at radius 3 is 3.06 bits per heavy atom. The zero-order valence-electron chi connectivity index (χ0n) is 8.88. The molecule has 88 valence electrons. The minimum atomic E-state index is -0.766. The number of aliphatic hydroxyl groups is 1. The SMILES string of the molecule is COCC(O)CNC(=O)c1ccncc1O. The molecule has 0 aromatic carbocycles. The second kappa shape index (κ2) is 6.04. The van der Waals surface area contributed by atoms with Crippen molar-refractivity contribution in [3.63, 3.8) is 0 Å². The van der Waals surface area contributed by atoms with Crippen LogP contribution in [-0.2, 0) is 4.74 Å². The van der Waals surface area contributed by atoms with Gasteiger partial charge in [-0.15, -0.1) is 0 Å². The van der Waals surface area contributed by atoms with Gasteiger partial charge < -0.3 is 20.3 Å². The summed E-state index contributed by atoms with van der Waals surface area (Å²) in [6, 6.07) is 1.40. The number of methoxy groups -OCH3 is 1. The second-order valence-electron chi connectivity index (χ2n) is 3.21. The number of nitrogens with one attached hydrogen (secondary N) is 1. The Hall–Kier alpha value is -1.66. The Bertz CT molecular complexity index is 356. The van der Waals surface area contributed by atoms with E-state index < -0.39 is 12.0 Å². The molecule has 0 fully saturated rings. The van der Waals surface area contributed by atoms with Crippen molar-refractivity contribution >= 4 is 5.91 Å². The predicted molar refractivity (Wildman–Crippen MR) is 56.1 cm³/mol. The normalized spacial score (nSPS) is 12.1. The molecule has 0 aliphatic carbocycles. The van der Waals surface area contributed by atoms with E-state index in [1.165, 1.54) is 25.6 Å². The number of rotatable bonds is 5. The van der Waals surface area contributed by atoms with Crippen LogP contribution in [0.15, 0.2) is 18.5 Å². The summed E-state index contributed by atoms with van der Waals surface area (Å²) >= 11 is 0. The van der Waals surface area contributed by atoms with Crippen LogP contribution >= 0.6 is 0 Å². The quantitative estimate of drug-likeness (QED) is 0.631. The van der Waals surface area contributed by atoms with Crippen molar-refractivity contribution in [1.82, 2.24) is 10.3 Å². The fraction of sp³-hybridized carbons (Fsp3) is 0.400. The zero-order chi connectivity index (χ0) is 12.0. The Balaban J connectivity index is 2.50. The fourth-order valence-corrected chi connectivity index (χ4v) is 1.14. The molecule has 6 heteroatoms. The van der Waals surface area contributed by atoms with Crippen molar-refractivity contribution in [2.75, 3.05) is 20.3 Å². The van der Waals surface area contributed by atoms with Gasteiger partial charge in [0, 0.05) is 19.9 Å². The Labute approximate surface area is 92.9 Å². The van der Waals surface area contributed by atoms with Gasteiger partial charge in [0.2, 0.25) is 0 Å². The average molecular weight is 226 g/mol. The van der Waals surface area contributed by atoms with Crippen LogP contribution < -0.4 is 5.32 Å². The summed E-state index contributed by atoms with van der Waals surface area (Å²) in [6.07, 6.45) is 1.82. The number of nitrogens with zero attached hydrogens (tertiary/aromatic N) is 1. The number of hydrogen-bond acceptors (Lipinski definition) is 5. The molecule has 1 aromatic rings. The zero-order valence-corrected chi connectivity index (χ0v) is 8.88. The smallest absolute Gasteiger partial charge is 0.255 e. The minimum Gasteiger partial charge on any atom is -0.505 e. The third-order valence-corrected chi connectivity index (χ3v) is 1.90. The average Bonchev–Trinajstić information content (AvgIpc) is 2.27. The molecule has 1 unspecified atom stereocenters. The third kappa shape index (κ3) is 3.48. The molecule has 1 rings (SSSR count). The summed E-state index contributed by atoms with van der Waals surface area (Å²) in [4.78, 5) is 15.2. The first-order chi connectivity index (χ1) is 7.65. The predicted octanol–water partition coefficient (Wildman–Crippen LogP) is -0.476. The van der Waals surface area contributed by atoms with E-state index in [0.717, 1.165) is 0 Å². The summed E-state index contributed by atoms with van der Waals surface area (Å²) in [5.41, 5.74) is 0.125. The van der Waals surface area contributed by atoms with Crippen LogP contribution in [0.3, 0.4) is 0 Å². The highest BCUT2D eigenvalue weighted by Gasteiger charge is 2.12. The molecular formula is C10H14N2O4. The summed E-state index contributed by atoms with van der Waals surface area (Å²) in [6.45, 7) is 0.205. The lowest BCUT2D eigenvalue weighted by Gasteiger charge is -2.11. The molecule has 1 heterocycles. The molecule has 0 spiro atoms. The monoisotopic (exact) mass is 226 g/mol. The first-order valence-electron chi connectivity index (χ1n) is 4.73. The van der Waals surface area contributed by atoms with E-state index in [4.69, 9.17) is 4.74 Å². The molecule has 3 N–H and O–H groups in total. The Morgan fingerprint density at radius 2 is 2.44 bits per heavy atom. The van der Waals surface area contributed by atoms with Crippen LogP contribution in [0.2, 0.25) is 0 Å². The van der Waals surface area contributed by atoms with Crippen LogP contribution in [0.25, 0.3) is 0 Å². The van der Waals surface area contributed by atoms with Gasteiger partial charge in [0.1, 0.15) is 5.75 Å². The maximum atomic E-state index is 11.5. The summed E-state index contributed by atoms with van der Waals surface area (Å²) in [5.74, 6) is -0.656. The standard InChI is InChI=1S/C10H14N2O4/c1-16-6-7(13)4-12-10(15)8-2-3-11-5-9(8)14/h2-3,5,7,13-14H,4,6H2,1H3,(H,12,15). The Morgan fingerprint density at radius 1 is 1.69 bits per heavy atom. The highest BCUT2D eigenvalue weighted by Crippen LogP contribution is 2.13. The van der Waals surface area contributed by atoms with Crippen molar-refractivity contribution < 1.29 is 19.7 Å². The molecule has 0 radical (unpaired) electrons. The van der Waals surface area contributed by atoms with Crippen LogP contribution in [0.5, 0.6) is 5.75 Å². The van der Waals surface area contributed by atoms with Gasteiger partial charge in [-0.3, -0.25) is 9.78 Å². The van der Waals surface area contributed by atoms with Crippen molar-refractivity contribution in [3.05, 3.63) is 24.0 Å². The molecule has 0 saturated carbocycles. The van der Waals surface area contributed by atoms with Crippen LogP contribution in [-0.4, -0.2) is 47.5 Å². The summed E-state index contributed by atoms with van der Waals surface area (Å²) in [5, 5.41) is 21.1. The molecule has 1 aromatic heterocycles. The molecule has 0 aliphatic heterocycles. The van der Waals surface area contributed by atoms with E-state index in [1.54, 1.807) is 0 Å². The van der Waals surface area contributed by atoms with Gasteiger partial charge in [0.05, 0.1) is 24.5 Å². The number of amides is 1. The van der Waals surface area contributed by atoms with Crippen LogP contribution in [0, 0.1) is 0 Å². The van der Waals surface area contributed by atoms with Gasteiger partial charge in [-0.1, -0.05) is 0 Å². The van der Waals surface area contributed by atoms with Crippen molar-refractivity contribution in [3.8, 4) is 5.75 Å². The van der Waals surface area contributed by atoms with Crippen LogP contribution in [0.1, 0.15) is 10.4 Å². The second-order valence-corrected chi connectivity index (χ2v) is 3.21. The van der Waals surface area contributed by atoms with Crippen molar-refractivity contribution in [1.29, 1.82) is 0 Å². The van der Waals surface area contributed by atoms with Gasteiger partial charge in [-0.05, 0) is 6.07 Å². The molecular weight excluding hydrogens is 212 g/mol. The minimum absolute atomic E-state index is 0.0639. The molecule has 0 aliphatic rings. The van der Waals surface area contributed by atoms with Gasteiger partial charge in [-0.25, -0.2) is 0 Å².